The minimum atomic E-state index is -4.33. The van der Waals surface area contributed by atoms with Crippen molar-refractivity contribution in [1.82, 2.24) is 5.32 Å². The van der Waals surface area contributed by atoms with Crippen LogP contribution in [0.1, 0.15) is 34.1 Å². The average molecular weight is 225 g/mol. The van der Waals surface area contributed by atoms with Gasteiger partial charge in [0.25, 0.3) is 0 Å². The van der Waals surface area contributed by atoms with Crippen LogP contribution in [0, 0.1) is 0 Å². The van der Waals surface area contributed by atoms with Crippen molar-refractivity contribution in [1.29, 1.82) is 0 Å². The maximum absolute atomic E-state index is 10.4. The smallest absolute Gasteiger partial charge is 0.312 e. The molecule has 0 aliphatic heterocycles. The third kappa shape index (κ3) is 8.43. The third-order valence-electron chi connectivity index (χ3n) is 1.59. The van der Waals surface area contributed by atoms with Crippen LogP contribution in [0.4, 0.5) is 0 Å². The predicted octanol–water partition coefficient (Wildman–Crippen LogP) is 0.971. The Kier molecular flexibility index (Phi) is 5.58. The Labute approximate surface area is 85.8 Å². The minimum Gasteiger partial charge on any atom is -0.312 e. The molecule has 0 rings (SSSR count). The van der Waals surface area contributed by atoms with E-state index >= 15 is 0 Å². The highest BCUT2D eigenvalue weighted by atomic mass is 32.3. The fourth-order valence-electron chi connectivity index (χ4n) is 1.38. The van der Waals surface area contributed by atoms with E-state index in [0.29, 0.717) is 12.5 Å². The van der Waals surface area contributed by atoms with Crippen LogP contribution >= 0.6 is 0 Å². The summed E-state index contributed by atoms with van der Waals surface area (Å²) in [6, 6.07) is 0.481. The number of hydrogen-bond acceptors (Lipinski definition) is 4. The lowest BCUT2D eigenvalue weighted by molar-refractivity contribution is 0.176. The van der Waals surface area contributed by atoms with E-state index in [-0.39, 0.29) is 6.04 Å². The molecule has 6 heteroatoms. The SMILES string of the molecule is CC(C)N[C@H](C)C[C@H](C)OS(=O)(=O)O. The van der Waals surface area contributed by atoms with Gasteiger partial charge in [-0.25, -0.2) is 4.18 Å². The Morgan fingerprint density at radius 3 is 2.14 bits per heavy atom. The second kappa shape index (κ2) is 5.65. The lowest BCUT2D eigenvalue weighted by Gasteiger charge is -2.19. The molecule has 0 aliphatic rings. The molecule has 0 unspecified atom stereocenters. The van der Waals surface area contributed by atoms with Crippen LogP contribution in [0.2, 0.25) is 0 Å². The van der Waals surface area contributed by atoms with E-state index in [2.05, 4.69) is 9.50 Å². The fraction of sp³-hybridized carbons (Fsp3) is 1.00. The van der Waals surface area contributed by atoms with E-state index in [4.69, 9.17) is 4.55 Å². The first-order chi connectivity index (χ1) is 6.20. The van der Waals surface area contributed by atoms with Crippen molar-refractivity contribution in [2.45, 2.75) is 52.3 Å². The predicted molar refractivity (Wildman–Crippen MR) is 54.4 cm³/mol. The summed E-state index contributed by atoms with van der Waals surface area (Å²) in [7, 11) is -4.33. The van der Waals surface area contributed by atoms with Gasteiger partial charge in [0.2, 0.25) is 0 Å². The molecule has 0 fully saturated rings. The normalized spacial score (nSPS) is 17.0. The van der Waals surface area contributed by atoms with E-state index in [1.54, 1.807) is 6.92 Å². The van der Waals surface area contributed by atoms with Crippen LogP contribution in [0.3, 0.4) is 0 Å². The number of nitrogens with one attached hydrogen (secondary N) is 1. The molecule has 0 aromatic rings. The Bertz CT molecular complexity index is 250. The maximum atomic E-state index is 10.4. The van der Waals surface area contributed by atoms with Crippen LogP contribution in [0.25, 0.3) is 0 Å². The third-order valence-corrected chi connectivity index (χ3v) is 2.16. The molecule has 2 N–H and O–H groups in total. The Morgan fingerprint density at radius 1 is 1.29 bits per heavy atom. The Balaban J connectivity index is 3.88. The van der Waals surface area contributed by atoms with E-state index in [0.717, 1.165) is 0 Å². The molecule has 0 bridgehead atoms. The quantitative estimate of drug-likeness (QED) is 0.659. The summed E-state index contributed by atoms with van der Waals surface area (Å²) < 4.78 is 33.5. The van der Waals surface area contributed by atoms with E-state index in [9.17, 15) is 8.42 Å². The van der Waals surface area contributed by atoms with Crippen molar-refractivity contribution in [2.24, 2.45) is 0 Å². The van der Waals surface area contributed by atoms with Gasteiger partial charge in [0.1, 0.15) is 0 Å². The zero-order valence-electron chi connectivity index (χ0n) is 9.02. The molecule has 0 amide bonds. The molecule has 0 aromatic carbocycles. The number of hydrogen-bond donors (Lipinski definition) is 2. The van der Waals surface area contributed by atoms with Gasteiger partial charge in [0.15, 0.2) is 0 Å². The van der Waals surface area contributed by atoms with E-state index in [1.165, 1.54) is 0 Å². The van der Waals surface area contributed by atoms with Gasteiger partial charge in [-0.05, 0) is 20.3 Å². The van der Waals surface area contributed by atoms with Crippen molar-refractivity contribution < 1.29 is 17.2 Å². The van der Waals surface area contributed by atoms with Gasteiger partial charge >= 0.3 is 10.4 Å². The van der Waals surface area contributed by atoms with Gasteiger partial charge in [-0.15, -0.1) is 0 Å². The second-order valence-electron chi connectivity index (χ2n) is 3.79. The summed E-state index contributed by atoms with van der Waals surface area (Å²) in [6.45, 7) is 7.55. The molecular weight excluding hydrogens is 206 g/mol. The highest BCUT2D eigenvalue weighted by Crippen LogP contribution is 2.05. The van der Waals surface area contributed by atoms with Gasteiger partial charge in [0, 0.05) is 12.1 Å². The topological polar surface area (TPSA) is 75.6 Å². The summed E-state index contributed by atoms with van der Waals surface area (Å²) in [4.78, 5) is 0. The first kappa shape index (κ1) is 13.8. The van der Waals surface area contributed by atoms with Crippen LogP contribution < -0.4 is 5.32 Å². The molecule has 0 aromatic heterocycles. The van der Waals surface area contributed by atoms with Crippen molar-refractivity contribution in [3.8, 4) is 0 Å². The van der Waals surface area contributed by atoms with Gasteiger partial charge in [-0.2, -0.15) is 8.42 Å². The van der Waals surface area contributed by atoms with Crippen LogP contribution in [0.15, 0.2) is 0 Å². The van der Waals surface area contributed by atoms with Gasteiger partial charge in [0.05, 0.1) is 6.10 Å². The molecule has 0 saturated heterocycles. The summed E-state index contributed by atoms with van der Waals surface area (Å²) in [5, 5.41) is 3.20. The zero-order valence-corrected chi connectivity index (χ0v) is 9.84. The Morgan fingerprint density at radius 2 is 1.79 bits per heavy atom. The van der Waals surface area contributed by atoms with E-state index in [1.807, 2.05) is 20.8 Å². The highest BCUT2D eigenvalue weighted by Gasteiger charge is 2.15. The largest absolute Gasteiger partial charge is 0.397 e. The second-order valence-corrected chi connectivity index (χ2v) is 4.84. The maximum Gasteiger partial charge on any atom is 0.397 e. The molecule has 0 aliphatic carbocycles. The van der Waals surface area contributed by atoms with Gasteiger partial charge < -0.3 is 5.32 Å². The average Bonchev–Trinajstić information content (AvgIpc) is 1.77. The van der Waals surface area contributed by atoms with Gasteiger partial charge in [-0.1, -0.05) is 13.8 Å². The minimum absolute atomic E-state index is 0.145. The molecule has 86 valence electrons. The summed E-state index contributed by atoms with van der Waals surface area (Å²) in [5.74, 6) is 0. The van der Waals surface area contributed by atoms with Crippen LogP contribution in [0.5, 0.6) is 0 Å². The fourth-order valence-corrected chi connectivity index (χ4v) is 1.88. The standard InChI is InChI=1S/C8H19NO4S/c1-6(2)9-7(3)5-8(4)13-14(10,11)12/h6-9H,5H2,1-4H3,(H,10,11,12)/t7-,8+/m1/s1. The molecule has 0 spiro atoms. The lowest BCUT2D eigenvalue weighted by atomic mass is 10.1. The number of rotatable bonds is 6. The molecule has 14 heavy (non-hydrogen) atoms. The van der Waals surface area contributed by atoms with Crippen molar-refractivity contribution in [3.63, 3.8) is 0 Å². The molecule has 2 atom stereocenters. The zero-order chi connectivity index (χ0) is 11.4. The monoisotopic (exact) mass is 225 g/mol. The first-order valence-electron chi connectivity index (χ1n) is 4.62. The molecule has 0 radical (unpaired) electrons. The summed E-state index contributed by atoms with van der Waals surface area (Å²) in [6.07, 6.45) is 0.00377. The van der Waals surface area contributed by atoms with Crippen LogP contribution in [-0.2, 0) is 14.6 Å². The summed E-state index contributed by atoms with van der Waals surface area (Å²) >= 11 is 0. The summed E-state index contributed by atoms with van der Waals surface area (Å²) in [5.41, 5.74) is 0. The van der Waals surface area contributed by atoms with Crippen molar-refractivity contribution in [2.75, 3.05) is 0 Å². The Hall–Kier alpha value is -0.170. The van der Waals surface area contributed by atoms with Crippen molar-refractivity contribution in [3.05, 3.63) is 0 Å². The first-order valence-corrected chi connectivity index (χ1v) is 5.99. The van der Waals surface area contributed by atoms with Crippen molar-refractivity contribution >= 4 is 10.4 Å². The molecular formula is C8H19NO4S. The van der Waals surface area contributed by atoms with Crippen LogP contribution in [-0.4, -0.2) is 31.2 Å². The lowest BCUT2D eigenvalue weighted by Crippen LogP contribution is -2.35. The van der Waals surface area contributed by atoms with E-state index < -0.39 is 16.5 Å². The molecule has 0 saturated carbocycles. The highest BCUT2D eigenvalue weighted by molar-refractivity contribution is 7.80. The molecule has 0 heterocycles. The van der Waals surface area contributed by atoms with Gasteiger partial charge in [-0.3, -0.25) is 4.55 Å². The molecule has 5 nitrogen and oxygen atoms in total.